The Balaban J connectivity index is 1.85. The normalized spacial score (nSPS) is 13.9. The molecule has 0 bridgehead atoms. The van der Waals surface area contributed by atoms with Gasteiger partial charge in [0, 0.05) is 21.9 Å². The van der Waals surface area contributed by atoms with Crippen LogP contribution in [0.4, 0.5) is 5.69 Å². The van der Waals surface area contributed by atoms with E-state index < -0.39 is 31.1 Å². The molecular weight excluding hydrogens is 358 g/mol. The maximum Gasteiger partial charge on any atom is 0.291 e. The molecule has 1 aliphatic rings. The first kappa shape index (κ1) is 18.0. The number of imide groups is 1. The van der Waals surface area contributed by atoms with Crippen LogP contribution in [0.3, 0.4) is 0 Å². The summed E-state index contributed by atoms with van der Waals surface area (Å²) in [6.45, 7) is -1.01. The molecule has 3 aromatic rings. The molecule has 0 radical (unpaired) electrons. The molecule has 4 rings (SSSR count). The number of amides is 2. The second kappa shape index (κ2) is 7.30. The molecule has 2 amide bonds. The van der Waals surface area contributed by atoms with E-state index in [0.29, 0.717) is 27.6 Å². The predicted octanol–water partition coefficient (Wildman–Crippen LogP) is 1.28. The Bertz CT molecular complexity index is 1070. The van der Waals surface area contributed by atoms with Crippen LogP contribution in [0.15, 0.2) is 65.9 Å². The molecule has 0 saturated heterocycles. The minimum absolute atomic E-state index is 0.350. The lowest BCUT2D eigenvalue weighted by molar-refractivity contribution is -0.545. The number of carbonyl (C=O) groups is 2. The van der Waals surface area contributed by atoms with Crippen molar-refractivity contribution in [3.8, 4) is 0 Å². The molecule has 0 unspecified atom stereocenters. The van der Waals surface area contributed by atoms with E-state index in [1.807, 2.05) is 36.7 Å². The topological polar surface area (TPSA) is 94.1 Å². The van der Waals surface area contributed by atoms with Gasteiger partial charge in [-0.3, -0.25) is 14.5 Å². The molecule has 7 heteroatoms. The molecule has 1 aromatic heterocycles. The minimum atomic E-state index is -0.976. The summed E-state index contributed by atoms with van der Waals surface area (Å²) in [5, 5.41) is 20.1. The third-order valence-corrected chi connectivity index (χ3v) is 4.77. The second-order valence-corrected chi connectivity index (χ2v) is 6.43. The largest absolute Gasteiger partial charge is 0.394 e. The number of hydrogen-bond acceptors (Lipinski definition) is 5. The van der Waals surface area contributed by atoms with Crippen molar-refractivity contribution < 1.29 is 24.4 Å². The van der Waals surface area contributed by atoms with Crippen LogP contribution in [-0.2, 0) is 0 Å². The van der Waals surface area contributed by atoms with Crippen LogP contribution in [0.25, 0.3) is 10.8 Å². The van der Waals surface area contributed by atoms with Gasteiger partial charge in [-0.2, -0.15) is 0 Å². The molecule has 0 aliphatic carbocycles. The van der Waals surface area contributed by atoms with Crippen molar-refractivity contribution in [1.82, 2.24) is 4.90 Å². The van der Waals surface area contributed by atoms with Crippen LogP contribution < -0.4 is 4.57 Å². The highest BCUT2D eigenvalue weighted by atomic mass is 16.3. The number of carbonyl (C=O) groups excluding carboxylic acids is 2. The van der Waals surface area contributed by atoms with Crippen LogP contribution in [0.1, 0.15) is 20.7 Å². The van der Waals surface area contributed by atoms with Gasteiger partial charge in [-0.25, -0.2) is 4.57 Å². The Hall–Kier alpha value is -3.42. The molecule has 2 aromatic carbocycles. The van der Waals surface area contributed by atoms with Crippen molar-refractivity contribution >= 4 is 34.6 Å². The molecule has 2 N–H and O–H groups in total. The maximum absolute atomic E-state index is 12.9. The highest BCUT2D eigenvalue weighted by molar-refractivity contribution is 6.26. The molecule has 1 aliphatic heterocycles. The van der Waals surface area contributed by atoms with Crippen LogP contribution in [0.2, 0.25) is 0 Å². The first-order valence-corrected chi connectivity index (χ1v) is 8.81. The van der Waals surface area contributed by atoms with Crippen molar-refractivity contribution in [2.24, 2.45) is 4.99 Å². The summed E-state index contributed by atoms with van der Waals surface area (Å²) in [6, 6.07) is 13.2. The molecule has 0 saturated carbocycles. The van der Waals surface area contributed by atoms with Crippen LogP contribution in [-0.4, -0.2) is 52.5 Å². The minimum Gasteiger partial charge on any atom is -0.394 e. The summed E-state index contributed by atoms with van der Waals surface area (Å²) in [7, 11) is 0. The molecule has 0 spiro atoms. The molecular formula is C21H18N3O4+. The summed E-state index contributed by atoms with van der Waals surface area (Å²) in [5.41, 5.74) is 1.33. The van der Waals surface area contributed by atoms with Gasteiger partial charge in [-0.1, -0.05) is 12.1 Å². The van der Waals surface area contributed by atoms with E-state index in [0.717, 1.165) is 4.90 Å². The lowest BCUT2D eigenvalue weighted by atomic mass is 9.92. The number of aliphatic imine (C=N–C) groups is 1. The molecule has 140 valence electrons. The molecule has 28 heavy (non-hydrogen) atoms. The first-order chi connectivity index (χ1) is 13.7. The predicted molar refractivity (Wildman–Crippen MR) is 103 cm³/mol. The van der Waals surface area contributed by atoms with Gasteiger partial charge >= 0.3 is 0 Å². The molecule has 0 fully saturated rings. The SMILES string of the molecule is O=C1c2cccc3c(N=C[n+]4ccccc4)ccc(c23)C(=O)N1C(CO)CO. The van der Waals surface area contributed by atoms with Gasteiger partial charge in [0.25, 0.3) is 18.2 Å². The summed E-state index contributed by atoms with van der Waals surface area (Å²) >= 11 is 0. The van der Waals surface area contributed by atoms with Gasteiger partial charge in [0.2, 0.25) is 0 Å². The van der Waals surface area contributed by atoms with Gasteiger partial charge < -0.3 is 10.2 Å². The van der Waals surface area contributed by atoms with Crippen LogP contribution in [0, 0.1) is 0 Å². The van der Waals surface area contributed by atoms with Crippen molar-refractivity contribution in [1.29, 1.82) is 0 Å². The number of nitrogens with zero attached hydrogens (tertiary/aromatic N) is 3. The van der Waals surface area contributed by atoms with E-state index in [4.69, 9.17) is 0 Å². The van der Waals surface area contributed by atoms with E-state index in [9.17, 15) is 19.8 Å². The fraction of sp³-hybridized carbons (Fsp3) is 0.143. The van der Waals surface area contributed by atoms with Gasteiger partial charge in [-0.05, 0) is 41.4 Å². The van der Waals surface area contributed by atoms with E-state index in [1.54, 1.807) is 35.2 Å². The average Bonchev–Trinajstić information content (AvgIpc) is 2.74. The second-order valence-electron chi connectivity index (χ2n) is 6.43. The van der Waals surface area contributed by atoms with Gasteiger partial charge in [0.1, 0.15) is 0 Å². The average molecular weight is 376 g/mol. The Kier molecular flexibility index (Phi) is 4.68. The summed E-state index contributed by atoms with van der Waals surface area (Å²) in [4.78, 5) is 31.2. The van der Waals surface area contributed by atoms with E-state index in [-0.39, 0.29) is 0 Å². The number of hydrogen-bond donors (Lipinski definition) is 2. The lowest BCUT2D eigenvalue weighted by Crippen LogP contribution is -2.50. The van der Waals surface area contributed by atoms with E-state index in [1.165, 1.54) is 0 Å². The first-order valence-electron chi connectivity index (χ1n) is 8.81. The highest BCUT2D eigenvalue weighted by Crippen LogP contribution is 2.36. The Morgan fingerprint density at radius 1 is 0.929 bits per heavy atom. The summed E-state index contributed by atoms with van der Waals surface area (Å²) in [6.07, 6.45) is 5.35. The fourth-order valence-electron chi connectivity index (χ4n) is 3.38. The standard InChI is InChI=1S/C21H18N3O4/c25-11-14(12-26)24-20(27)16-6-4-5-15-18(8-7-17(19(15)16)21(24)28)22-13-23-9-2-1-3-10-23/h1-10,13-14,25-26H,11-12H2/q+1. The number of pyridine rings is 1. The zero-order chi connectivity index (χ0) is 19.7. The third-order valence-electron chi connectivity index (χ3n) is 4.77. The van der Waals surface area contributed by atoms with Crippen molar-refractivity contribution in [3.05, 3.63) is 72.1 Å². The summed E-state index contributed by atoms with van der Waals surface area (Å²) < 4.78 is 1.79. The van der Waals surface area contributed by atoms with Crippen molar-refractivity contribution in [2.45, 2.75) is 6.04 Å². The monoisotopic (exact) mass is 376 g/mol. The smallest absolute Gasteiger partial charge is 0.291 e. The Morgan fingerprint density at radius 3 is 2.29 bits per heavy atom. The summed E-state index contributed by atoms with van der Waals surface area (Å²) in [5.74, 6) is -1.07. The van der Waals surface area contributed by atoms with E-state index in [2.05, 4.69) is 4.99 Å². The fourth-order valence-corrected chi connectivity index (χ4v) is 3.38. The number of aliphatic hydroxyl groups excluding tert-OH is 2. The highest BCUT2D eigenvalue weighted by Gasteiger charge is 2.37. The zero-order valence-corrected chi connectivity index (χ0v) is 14.9. The van der Waals surface area contributed by atoms with E-state index >= 15 is 0 Å². The van der Waals surface area contributed by atoms with Gasteiger partial charge in [0.15, 0.2) is 5.69 Å². The number of rotatable bonds is 5. The van der Waals surface area contributed by atoms with Gasteiger partial charge in [-0.15, -0.1) is 0 Å². The Morgan fingerprint density at radius 2 is 1.61 bits per heavy atom. The van der Waals surface area contributed by atoms with Crippen LogP contribution >= 0.6 is 0 Å². The van der Waals surface area contributed by atoms with Crippen molar-refractivity contribution in [3.63, 3.8) is 0 Å². The number of aromatic nitrogens is 1. The zero-order valence-electron chi connectivity index (χ0n) is 14.9. The van der Waals surface area contributed by atoms with Crippen molar-refractivity contribution in [2.75, 3.05) is 13.2 Å². The lowest BCUT2D eigenvalue weighted by Gasteiger charge is -2.31. The van der Waals surface area contributed by atoms with Gasteiger partial charge in [0.05, 0.1) is 31.6 Å². The number of benzene rings is 2. The van der Waals surface area contributed by atoms with Crippen LogP contribution in [0.5, 0.6) is 0 Å². The maximum atomic E-state index is 12.9. The Labute approximate surface area is 160 Å². The number of aliphatic hydroxyl groups is 2. The molecule has 0 atom stereocenters. The third kappa shape index (κ3) is 2.87. The molecule has 7 nitrogen and oxygen atoms in total. The quantitative estimate of drug-likeness (QED) is 0.304. The molecule has 2 heterocycles.